The van der Waals surface area contributed by atoms with Crippen molar-refractivity contribution in [1.29, 1.82) is 0 Å². The predicted octanol–water partition coefficient (Wildman–Crippen LogP) is 3.22. The minimum Gasteiger partial charge on any atom is -0.357 e. The average molecular weight is 460 g/mol. The van der Waals surface area contributed by atoms with Crippen LogP contribution in [0.25, 0.3) is 0 Å². The first-order chi connectivity index (χ1) is 11.6. The Morgan fingerprint density at radius 3 is 2.56 bits per heavy atom. The molecule has 2 N–H and O–H groups in total. The summed E-state index contributed by atoms with van der Waals surface area (Å²) in [6.45, 7) is 4.91. The van der Waals surface area contributed by atoms with Crippen LogP contribution in [0.3, 0.4) is 0 Å². The maximum atomic E-state index is 12.9. The Labute approximate surface area is 165 Å². The highest BCUT2D eigenvalue weighted by Gasteiger charge is 2.43. The van der Waals surface area contributed by atoms with Crippen LogP contribution >= 0.6 is 24.0 Å². The van der Waals surface area contributed by atoms with Crippen LogP contribution < -0.4 is 10.6 Å². The van der Waals surface area contributed by atoms with Gasteiger partial charge in [-0.25, -0.2) is 9.38 Å². The molecule has 1 spiro atoms. The SMILES string of the molecule is CCNC(=NCC(=O)Nc1ccc(F)cc1)N1CCC2(CCC2)C1.I. The Kier molecular flexibility index (Phi) is 7.04. The third kappa shape index (κ3) is 5.05. The van der Waals surface area contributed by atoms with Gasteiger partial charge in [-0.1, -0.05) is 6.42 Å². The number of rotatable bonds is 4. The number of carbonyl (C=O) groups excluding carboxylic acids is 1. The van der Waals surface area contributed by atoms with Crippen LogP contribution in [0.1, 0.15) is 32.6 Å². The van der Waals surface area contributed by atoms with Crippen molar-refractivity contribution in [2.75, 3.05) is 31.5 Å². The molecule has 2 aliphatic rings. The molecule has 0 radical (unpaired) electrons. The molecule has 1 saturated heterocycles. The minimum atomic E-state index is -0.320. The fraction of sp³-hybridized carbons (Fsp3) is 0.556. The molecule has 1 aromatic carbocycles. The van der Waals surface area contributed by atoms with Crippen molar-refractivity contribution in [3.8, 4) is 0 Å². The van der Waals surface area contributed by atoms with E-state index in [0.717, 1.165) is 25.6 Å². The second-order valence-corrected chi connectivity index (χ2v) is 6.75. The lowest BCUT2D eigenvalue weighted by atomic mass is 9.68. The van der Waals surface area contributed by atoms with Gasteiger partial charge < -0.3 is 15.5 Å². The molecule has 0 aromatic heterocycles. The number of hydrogen-bond donors (Lipinski definition) is 2. The topological polar surface area (TPSA) is 56.7 Å². The summed E-state index contributed by atoms with van der Waals surface area (Å²) in [5.74, 6) is 0.296. The fourth-order valence-electron chi connectivity index (χ4n) is 3.51. The van der Waals surface area contributed by atoms with E-state index in [1.54, 1.807) is 12.1 Å². The zero-order valence-corrected chi connectivity index (χ0v) is 16.9. The fourth-order valence-corrected chi connectivity index (χ4v) is 3.51. The molecule has 7 heteroatoms. The number of amides is 1. The van der Waals surface area contributed by atoms with Crippen LogP contribution in [0, 0.1) is 11.2 Å². The summed E-state index contributed by atoms with van der Waals surface area (Å²) in [6, 6.07) is 5.74. The lowest BCUT2D eigenvalue weighted by molar-refractivity contribution is -0.114. The number of nitrogens with one attached hydrogen (secondary N) is 2. The normalized spacial score (nSPS) is 18.5. The first-order valence-corrected chi connectivity index (χ1v) is 8.69. The number of likely N-dealkylation sites (tertiary alicyclic amines) is 1. The van der Waals surface area contributed by atoms with Gasteiger partial charge in [-0.05, 0) is 55.9 Å². The Morgan fingerprint density at radius 1 is 1.28 bits per heavy atom. The van der Waals surface area contributed by atoms with E-state index in [0.29, 0.717) is 11.1 Å². The van der Waals surface area contributed by atoms with E-state index in [1.807, 2.05) is 6.92 Å². The summed E-state index contributed by atoms with van der Waals surface area (Å²) in [7, 11) is 0. The zero-order valence-electron chi connectivity index (χ0n) is 14.6. The number of carbonyl (C=O) groups is 1. The van der Waals surface area contributed by atoms with Gasteiger partial charge in [0.25, 0.3) is 0 Å². The Balaban J connectivity index is 0.00000225. The van der Waals surface area contributed by atoms with Gasteiger partial charge >= 0.3 is 0 Å². The lowest BCUT2D eigenvalue weighted by Crippen LogP contribution is -2.43. The molecule has 1 saturated carbocycles. The van der Waals surface area contributed by atoms with Crippen molar-refractivity contribution in [3.63, 3.8) is 0 Å². The number of aliphatic imine (C=N–C) groups is 1. The highest BCUT2D eigenvalue weighted by Crippen LogP contribution is 2.47. The third-order valence-electron chi connectivity index (χ3n) is 4.99. The van der Waals surface area contributed by atoms with Crippen molar-refractivity contribution in [2.45, 2.75) is 32.6 Å². The molecule has 25 heavy (non-hydrogen) atoms. The maximum absolute atomic E-state index is 12.9. The van der Waals surface area contributed by atoms with Gasteiger partial charge in [-0.15, -0.1) is 24.0 Å². The molecule has 3 rings (SSSR count). The molecule has 1 heterocycles. The molecular formula is C18H26FIN4O. The van der Waals surface area contributed by atoms with E-state index in [9.17, 15) is 9.18 Å². The standard InChI is InChI=1S/C18H25FN4O.HI/c1-2-20-17(23-11-10-18(13-23)8-3-9-18)21-12-16(24)22-15-6-4-14(19)5-7-15;/h4-7H,2-3,8-13H2,1H3,(H,20,21)(H,22,24);1H. The third-order valence-corrected chi connectivity index (χ3v) is 4.99. The van der Waals surface area contributed by atoms with Crippen molar-refractivity contribution in [3.05, 3.63) is 30.1 Å². The van der Waals surface area contributed by atoms with Crippen molar-refractivity contribution < 1.29 is 9.18 Å². The zero-order chi connectivity index (χ0) is 17.0. The number of halogens is 2. The van der Waals surface area contributed by atoms with E-state index in [4.69, 9.17) is 0 Å². The second-order valence-electron chi connectivity index (χ2n) is 6.75. The smallest absolute Gasteiger partial charge is 0.246 e. The molecule has 1 aromatic rings. The first kappa shape index (κ1) is 19.9. The van der Waals surface area contributed by atoms with Crippen LogP contribution in [-0.2, 0) is 4.79 Å². The van der Waals surface area contributed by atoms with Gasteiger partial charge in [-0.2, -0.15) is 0 Å². The van der Waals surface area contributed by atoms with Gasteiger partial charge in [0, 0.05) is 25.3 Å². The number of anilines is 1. The molecule has 0 atom stereocenters. The predicted molar refractivity (Wildman–Crippen MR) is 109 cm³/mol. The molecule has 1 aliphatic carbocycles. The van der Waals surface area contributed by atoms with Crippen LogP contribution in [0.4, 0.5) is 10.1 Å². The van der Waals surface area contributed by atoms with Crippen molar-refractivity contribution in [1.82, 2.24) is 10.2 Å². The van der Waals surface area contributed by atoms with Crippen LogP contribution in [-0.4, -0.2) is 42.9 Å². The van der Waals surface area contributed by atoms with Gasteiger partial charge in [0.05, 0.1) is 0 Å². The molecule has 0 unspecified atom stereocenters. The monoisotopic (exact) mass is 460 g/mol. The van der Waals surface area contributed by atoms with Crippen LogP contribution in [0.15, 0.2) is 29.3 Å². The molecule has 0 bridgehead atoms. The highest BCUT2D eigenvalue weighted by molar-refractivity contribution is 14.0. The van der Waals surface area contributed by atoms with E-state index in [1.165, 1.54) is 37.8 Å². The number of guanidine groups is 1. The molecule has 5 nitrogen and oxygen atoms in total. The van der Waals surface area contributed by atoms with Gasteiger partial charge in [-0.3, -0.25) is 4.79 Å². The Bertz CT molecular complexity index is 616. The van der Waals surface area contributed by atoms with Gasteiger partial charge in [0.1, 0.15) is 12.4 Å². The average Bonchev–Trinajstić information content (AvgIpc) is 2.99. The summed E-state index contributed by atoms with van der Waals surface area (Å²) in [5.41, 5.74) is 1.07. The molecule has 1 aliphatic heterocycles. The van der Waals surface area contributed by atoms with Gasteiger partial charge in [0.2, 0.25) is 5.91 Å². The van der Waals surface area contributed by atoms with Crippen molar-refractivity contribution >= 4 is 41.5 Å². The summed E-state index contributed by atoms with van der Waals surface area (Å²) in [5, 5.41) is 6.02. The Morgan fingerprint density at radius 2 is 2.00 bits per heavy atom. The summed E-state index contributed by atoms with van der Waals surface area (Å²) >= 11 is 0. The Hall–Kier alpha value is -1.38. The van der Waals surface area contributed by atoms with Crippen LogP contribution in [0.5, 0.6) is 0 Å². The molecule has 1 amide bonds. The highest BCUT2D eigenvalue weighted by atomic mass is 127. The molecule has 2 fully saturated rings. The summed E-state index contributed by atoms with van der Waals surface area (Å²) < 4.78 is 12.9. The summed E-state index contributed by atoms with van der Waals surface area (Å²) in [4.78, 5) is 18.8. The minimum absolute atomic E-state index is 0. The van der Waals surface area contributed by atoms with Gasteiger partial charge in [0.15, 0.2) is 5.96 Å². The van der Waals surface area contributed by atoms with E-state index in [2.05, 4.69) is 20.5 Å². The first-order valence-electron chi connectivity index (χ1n) is 8.69. The number of hydrogen-bond acceptors (Lipinski definition) is 2. The number of nitrogens with zero attached hydrogens (tertiary/aromatic N) is 2. The van der Waals surface area contributed by atoms with Crippen molar-refractivity contribution in [2.24, 2.45) is 10.4 Å². The quantitative estimate of drug-likeness (QED) is 0.412. The van der Waals surface area contributed by atoms with E-state index >= 15 is 0 Å². The molecular weight excluding hydrogens is 434 g/mol. The maximum Gasteiger partial charge on any atom is 0.246 e. The molecule has 138 valence electrons. The van der Waals surface area contributed by atoms with E-state index < -0.39 is 0 Å². The second kappa shape index (κ2) is 8.82. The van der Waals surface area contributed by atoms with E-state index in [-0.39, 0.29) is 42.2 Å². The number of benzene rings is 1. The van der Waals surface area contributed by atoms with Crippen LogP contribution in [0.2, 0.25) is 0 Å². The summed E-state index contributed by atoms with van der Waals surface area (Å²) in [6.07, 6.45) is 5.18. The lowest BCUT2D eigenvalue weighted by Gasteiger charge is -2.38. The largest absolute Gasteiger partial charge is 0.357 e.